The minimum Gasteiger partial charge on any atom is -0.508 e. The van der Waals surface area contributed by atoms with Crippen molar-refractivity contribution >= 4 is 11.0 Å². The van der Waals surface area contributed by atoms with Gasteiger partial charge in [0.2, 0.25) is 5.43 Å². The maximum atomic E-state index is 12.4. The predicted molar refractivity (Wildman–Crippen MR) is 72.9 cm³/mol. The van der Waals surface area contributed by atoms with Crippen LogP contribution >= 0.6 is 0 Å². The summed E-state index contributed by atoms with van der Waals surface area (Å²) in [6.45, 7) is 0. The number of benzene rings is 2. The van der Waals surface area contributed by atoms with Gasteiger partial charge in [-0.05, 0) is 23.8 Å². The highest BCUT2D eigenvalue weighted by Gasteiger charge is 2.13. The molecule has 0 radical (unpaired) electrons. The number of fused-ring (bicyclic) bond motifs is 1. The van der Waals surface area contributed by atoms with E-state index < -0.39 is 0 Å². The van der Waals surface area contributed by atoms with Crippen molar-refractivity contribution in [1.29, 1.82) is 0 Å². The zero-order valence-corrected chi connectivity index (χ0v) is 10.2. The van der Waals surface area contributed by atoms with Gasteiger partial charge in [0.15, 0.2) is 11.3 Å². The first kappa shape index (κ1) is 12.1. The molecule has 1 aromatic heterocycles. The standard InChI is InChI=1S/C15H10O5/c16-9-3-1-8(2-4-9)12-7-20-15-11(14(12)19)5-10(17)6-13(15)18/h1-7,16-18H. The summed E-state index contributed by atoms with van der Waals surface area (Å²) in [4.78, 5) is 12.4. The molecule has 3 N–H and O–H groups in total. The van der Waals surface area contributed by atoms with Crippen molar-refractivity contribution in [1.82, 2.24) is 0 Å². The normalized spacial score (nSPS) is 10.8. The fourth-order valence-corrected chi connectivity index (χ4v) is 2.05. The van der Waals surface area contributed by atoms with Crippen LogP contribution in [0.1, 0.15) is 0 Å². The van der Waals surface area contributed by atoms with E-state index in [2.05, 4.69) is 0 Å². The van der Waals surface area contributed by atoms with Crippen LogP contribution in [0.25, 0.3) is 22.1 Å². The summed E-state index contributed by atoms with van der Waals surface area (Å²) in [5, 5.41) is 28.4. The van der Waals surface area contributed by atoms with Gasteiger partial charge in [-0.1, -0.05) is 12.1 Å². The molecule has 5 heteroatoms. The second-order valence-corrected chi connectivity index (χ2v) is 4.37. The van der Waals surface area contributed by atoms with Gasteiger partial charge in [-0.15, -0.1) is 0 Å². The molecule has 20 heavy (non-hydrogen) atoms. The van der Waals surface area contributed by atoms with E-state index in [-0.39, 0.29) is 39.2 Å². The molecular formula is C15H10O5. The summed E-state index contributed by atoms with van der Waals surface area (Å²) in [7, 11) is 0. The van der Waals surface area contributed by atoms with Crippen LogP contribution in [-0.4, -0.2) is 15.3 Å². The largest absolute Gasteiger partial charge is 0.508 e. The Labute approximate surface area is 113 Å². The van der Waals surface area contributed by atoms with Crippen LogP contribution < -0.4 is 5.43 Å². The molecule has 3 rings (SSSR count). The summed E-state index contributed by atoms with van der Waals surface area (Å²) in [6.07, 6.45) is 1.24. The number of hydrogen-bond donors (Lipinski definition) is 3. The van der Waals surface area contributed by atoms with Gasteiger partial charge in [0, 0.05) is 6.07 Å². The van der Waals surface area contributed by atoms with Crippen molar-refractivity contribution in [2.45, 2.75) is 0 Å². The van der Waals surface area contributed by atoms with Gasteiger partial charge in [-0.3, -0.25) is 4.79 Å². The molecule has 0 atom stereocenters. The second-order valence-electron chi connectivity index (χ2n) is 4.37. The highest BCUT2D eigenvalue weighted by molar-refractivity contribution is 5.87. The molecule has 3 aromatic rings. The average Bonchev–Trinajstić information content (AvgIpc) is 2.41. The van der Waals surface area contributed by atoms with Crippen LogP contribution in [-0.2, 0) is 0 Å². The van der Waals surface area contributed by atoms with Crippen molar-refractivity contribution < 1.29 is 19.7 Å². The van der Waals surface area contributed by atoms with E-state index in [1.165, 1.54) is 24.5 Å². The van der Waals surface area contributed by atoms with Crippen molar-refractivity contribution in [2.24, 2.45) is 0 Å². The van der Waals surface area contributed by atoms with Crippen LogP contribution in [0.15, 0.2) is 51.9 Å². The first-order valence-electron chi connectivity index (χ1n) is 5.83. The minimum atomic E-state index is -0.372. The molecule has 1 heterocycles. The molecule has 0 saturated carbocycles. The lowest BCUT2D eigenvalue weighted by molar-refractivity contribution is 0.444. The maximum Gasteiger partial charge on any atom is 0.200 e. The van der Waals surface area contributed by atoms with E-state index in [4.69, 9.17) is 4.42 Å². The van der Waals surface area contributed by atoms with Gasteiger partial charge in [-0.25, -0.2) is 0 Å². The molecule has 0 fully saturated rings. The molecule has 0 saturated heterocycles. The Bertz CT molecular complexity index is 847. The fourth-order valence-electron chi connectivity index (χ4n) is 2.05. The SMILES string of the molecule is O=c1c(-c2ccc(O)cc2)coc2c(O)cc(O)cc12. The van der Waals surface area contributed by atoms with Gasteiger partial charge < -0.3 is 19.7 Å². The third-order valence-electron chi connectivity index (χ3n) is 3.02. The maximum absolute atomic E-state index is 12.4. The van der Waals surface area contributed by atoms with Crippen molar-refractivity contribution in [3.63, 3.8) is 0 Å². The summed E-state index contributed by atoms with van der Waals surface area (Å²) < 4.78 is 5.27. The van der Waals surface area contributed by atoms with Gasteiger partial charge in [0.25, 0.3) is 0 Å². The molecular weight excluding hydrogens is 260 g/mol. The van der Waals surface area contributed by atoms with Crippen molar-refractivity contribution in [3.8, 4) is 28.4 Å². The monoisotopic (exact) mass is 270 g/mol. The highest BCUT2D eigenvalue weighted by Crippen LogP contribution is 2.30. The molecule has 0 bridgehead atoms. The Hall–Kier alpha value is -2.95. The Balaban J connectivity index is 2.31. The molecule has 0 amide bonds. The predicted octanol–water partition coefficient (Wildman–Crippen LogP) is 2.58. The van der Waals surface area contributed by atoms with Crippen molar-refractivity contribution in [3.05, 3.63) is 52.9 Å². The van der Waals surface area contributed by atoms with Crippen LogP contribution in [0.4, 0.5) is 0 Å². The number of phenolic OH excluding ortho intramolecular Hbond substituents is 3. The number of hydrogen-bond acceptors (Lipinski definition) is 5. The number of aromatic hydroxyl groups is 3. The Morgan fingerprint density at radius 1 is 0.900 bits per heavy atom. The molecule has 0 aliphatic carbocycles. The molecule has 2 aromatic carbocycles. The van der Waals surface area contributed by atoms with Crippen LogP contribution in [0.2, 0.25) is 0 Å². The number of rotatable bonds is 1. The lowest BCUT2D eigenvalue weighted by Gasteiger charge is -2.05. The molecule has 0 aliphatic heterocycles. The topological polar surface area (TPSA) is 90.9 Å². The first-order chi connectivity index (χ1) is 9.56. The minimum absolute atomic E-state index is 0.0235. The van der Waals surface area contributed by atoms with E-state index in [0.717, 1.165) is 6.07 Å². The quantitative estimate of drug-likeness (QED) is 0.632. The summed E-state index contributed by atoms with van der Waals surface area (Å²) in [6, 6.07) is 8.42. The average molecular weight is 270 g/mol. The third kappa shape index (κ3) is 1.85. The van der Waals surface area contributed by atoms with E-state index >= 15 is 0 Å². The smallest absolute Gasteiger partial charge is 0.200 e. The first-order valence-corrected chi connectivity index (χ1v) is 5.83. The second kappa shape index (κ2) is 4.31. The Kier molecular flexibility index (Phi) is 2.61. The van der Waals surface area contributed by atoms with E-state index in [0.29, 0.717) is 5.56 Å². The summed E-state index contributed by atoms with van der Waals surface area (Å²) in [5.41, 5.74) is 0.502. The lowest BCUT2D eigenvalue weighted by atomic mass is 10.1. The van der Waals surface area contributed by atoms with Gasteiger partial charge in [-0.2, -0.15) is 0 Å². The molecule has 0 spiro atoms. The van der Waals surface area contributed by atoms with Gasteiger partial charge >= 0.3 is 0 Å². The Morgan fingerprint density at radius 2 is 1.60 bits per heavy atom. The molecule has 100 valence electrons. The molecule has 5 nitrogen and oxygen atoms in total. The third-order valence-corrected chi connectivity index (χ3v) is 3.02. The van der Waals surface area contributed by atoms with Crippen LogP contribution in [0.5, 0.6) is 17.2 Å². The summed E-state index contributed by atoms with van der Waals surface area (Å²) >= 11 is 0. The van der Waals surface area contributed by atoms with E-state index in [1.54, 1.807) is 12.1 Å². The van der Waals surface area contributed by atoms with Crippen LogP contribution in [0.3, 0.4) is 0 Å². The van der Waals surface area contributed by atoms with Crippen LogP contribution in [0, 0.1) is 0 Å². The zero-order chi connectivity index (χ0) is 14.3. The zero-order valence-electron chi connectivity index (χ0n) is 10.2. The molecule has 0 unspecified atom stereocenters. The van der Waals surface area contributed by atoms with Gasteiger partial charge in [0.1, 0.15) is 17.8 Å². The fraction of sp³-hybridized carbons (Fsp3) is 0. The van der Waals surface area contributed by atoms with Gasteiger partial charge in [0.05, 0.1) is 10.9 Å². The van der Waals surface area contributed by atoms with E-state index in [9.17, 15) is 20.1 Å². The highest BCUT2D eigenvalue weighted by atomic mass is 16.3. The summed E-state index contributed by atoms with van der Waals surface area (Å²) in [5.74, 6) is -0.422. The van der Waals surface area contributed by atoms with E-state index in [1.807, 2.05) is 0 Å². The Morgan fingerprint density at radius 3 is 2.30 bits per heavy atom. The number of phenols is 3. The lowest BCUT2D eigenvalue weighted by Crippen LogP contribution is -2.04. The van der Waals surface area contributed by atoms with Crippen molar-refractivity contribution in [2.75, 3.05) is 0 Å². The molecule has 0 aliphatic rings.